The molecule has 4 aliphatic carbocycles. The number of hydrogen-bond acceptors (Lipinski definition) is 2. The Morgan fingerprint density at radius 1 is 1.10 bits per heavy atom. The first-order valence-electron chi connectivity index (χ1n) is 7.58. The van der Waals surface area contributed by atoms with E-state index in [0.29, 0.717) is 5.56 Å². The lowest BCUT2D eigenvalue weighted by Crippen LogP contribution is -2.48. The molecule has 4 bridgehead atoms. The molecule has 0 spiro atoms. The van der Waals surface area contributed by atoms with E-state index in [0.717, 1.165) is 34.1 Å². The van der Waals surface area contributed by atoms with Crippen molar-refractivity contribution in [2.75, 3.05) is 0 Å². The molecular weight excluding hydrogens is 316 g/mol. The van der Waals surface area contributed by atoms with E-state index in [1.54, 1.807) is 6.07 Å². The lowest BCUT2D eigenvalue weighted by molar-refractivity contribution is -0.00617. The second-order valence-electron chi connectivity index (χ2n) is 7.21. The van der Waals surface area contributed by atoms with Crippen molar-refractivity contribution in [2.45, 2.75) is 43.9 Å². The Labute approximate surface area is 127 Å². The molecule has 0 atom stereocenters. The van der Waals surface area contributed by atoms with Crippen LogP contribution in [0.15, 0.2) is 16.6 Å². The summed E-state index contributed by atoms with van der Waals surface area (Å²) in [4.78, 5) is 11.2. The maximum Gasteiger partial charge on any atom is 0.153 e. The van der Waals surface area contributed by atoms with Gasteiger partial charge in [0, 0.05) is 10.0 Å². The van der Waals surface area contributed by atoms with E-state index in [4.69, 9.17) is 0 Å². The van der Waals surface area contributed by atoms with Crippen molar-refractivity contribution in [3.8, 4) is 5.75 Å². The summed E-state index contributed by atoms with van der Waals surface area (Å²) in [5.41, 5.74) is 1.57. The highest BCUT2D eigenvalue weighted by Crippen LogP contribution is 2.62. The van der Waals surface area contributed by atoms with Gasteiger partial charge in [-0.05, 0) is 73.8 Å². The second-order valence-corrected chi connectivity index (χ2v) is 8.12. The number of hydrogen-bond donors (Lipinski definition) is 1. The first-order chi connectivity index (χ1) is 9.59. The molecule has 4 fully saturated rings. The van der Waals surface area contributed by atoms with Gasteiger partial charge in [0.25, 0.3) is 0 Å². The van der Waals surface area contributed by atoms with Crippen LogP contribution in [0.5, 0.6) is 5.75 Å². The number of carbonyl (C=O) groups excluding carboxylic acids is 1. The molecule has 1 aromatic rings. The van der Waals surface area contributed by atoms with Gasteiger partial charge in [0.2, 0.25) is 0 Å². The topological polar surface area (TPSA) is 37.3 Å². The van der Waals surface area contributed by atoms with Gasteiger partial charge >= 0.3 is 0 Å². The van der Waals surface area contributed by atoms with Crippen LogP contribution >= 0.6 is 15.9 Å². The Morgan fingerprint density at radius 2 is 1.65 bits per heavy atom. The molecule has 0 aromatic heterocycles. The molecule has 1 N–H and O–H groups in total. The minimum atomic E-state index is 0.125. The lowest BCUT2D eigenvalue weighted by Gasteiger charge is -2.57. The van der Waals surface area contributed by atoms with Crippen molar-refractivity contribution in [3.05, 3.63) is 27.7 Å². The monoisotopic (exact) mass is 334 g/mol. The Balaban J connectivity index is 1.84. The number of phenols is 1. The van der Waals surface area contributed by atoms with Crippen LogP contribution in [0, 0.1) is 17.8 Å². The number of benzene rings is 1. The third-order valence-corrected chi connectivity index (χ3v) is 6.30. The van der Waals surface area contributed by atoms with Crippen molar-refractivity contribution in [2.24, 2.45) is 17.8 Å². The minimum absolute atomic E-state index is 0.125. The highest BCUT2D eigenvalue weighted by atomic mass is 79.9. The molecule has 3 heteroatoms. The van der Waals surface area contributed by atoms with Gasteiger partial charge in [-0.1, -0.05) is 15.9 Å². The Bertz CT molecular complexity index is 543. The molecule has 106 valence electrons. The third-order valence-electron chi connectivity index (χ3n) is 5.84. The zero-order valence-electron chi connectivity index (χ0n) is 11.4. The molecule has 0 amide bonds. The van der Waals surface area contributed by atoms with Crippen LogP contribution in [0.25, 0.3) is 0 Å². The molecule has 4 aliphatic rings. The number of carbonyl (C=O) groups is 1. The van der Waals surface area contributed by atoms with Gasteiger partial charge < -0.3 is 5.11 Å². The molecule has 4 saturated carbocycles. The van der Waals surface area contributed by atoms with Gasteiger partial charge in [-0.25, -0.2) is 0 Å². The van der Waals surface area contributed by atoms with Crippen LogP contribution in [0.3, 0.4) is 0 Å². The highest BCUT2D eigenvalue weighted by Gasteiger charge is 2.52. The summed E-state index contributed by atoms with van der Waals surface area (Å²) in [6.45, 7) is 0. The van der Waals surface area contributed by atoms with E-state index in [1.807, 2.05) is 0 Å². The molecule has 2 nitrogen and oxygen atoms in total. The number of phenolic OH excluding ortho intramolecular Hbond substituents is 1. The SMILES string of the molecule is O=Cc1cc(Br)cc(C23CC4CC(CC(C4)C2)C3)c1O. The fourth-order valence-corrected chi connectivity index (χ4v) is 6.03. The van der Waals surface area contributed by atoms with Crippen LogP contribution in [0.1, 0.15) is 54.4 Å². The third kappa shape index (κ3) is 1.78. The standard InChI is InChI=1S/C17H19BrO2/c18-14-4-13(9-19)16(20)15(5-14)17-6-10-1-11(7-17)3-12(2-10)8-17/h4-5,9-12,20H,1-3,6-8H2. The molecule has 0 heterocycles. The summed E-state index contributed by atoms with van der Waals surface area (Å²) in [6.07, 6.45) is 8.51. The molecule has 0 aliphatic heterocycles. The zero-order valence-corrected chi connectivity index (χ0v) is 13.0. The zero-order chi connectivity index (χ0) is 13.9. The predicted octanol–water partition coefficient (Wildman–Crippen LogP) is 4.44. The number of rotatable bonds is 2. The summed E-state index contributed by atoms with van der Waals surface area (Å²) < 4.78 is 0.906. The summed E-state index contributed by atoms with van der Waals surface area (Å²) in [7, 11) is 0. The van der Waals surface area contributed by atoms with Crippen molar-refractivity contribution < 1.29 is 9.90 Å². The largest absolute Gasteiger partial charge is 0.507 e. The van der Waals surface area contributed by atoms with E-state index < -0.39 is 0 Å². The summed E-state index contributed by atoms with van der Waals surface area (Å²) in [5.74, 6) is 2.73. The van der Waals surface area contributed by atoms with Crippen LogP contribution in [-0.2, 0) is 5.41 Å². The van der Waals surface area contributed by atoms with Crippen LogP contribution < -0.4 is 0 Å². The summed E-state index contributed by atoms with van der Waals surface area (Å²) in [6, 6.07) is 3.77. The van der Waals surface area contributed by atoms with Crippen molar-refractivity contribution in [1.82, 2.24) is 0 Å². The van der Waals surface area contributed by atoms with Gasteiger partial charge in [-0.2, -0.15) is 0 Å². The molecular formula is C17H19BrO2. The molecule has 1 aromatic carbocycles. The number of halogens is 1. The van der Waals surface area contributed by atoms with E-state index in [-0.39, 0.29) is 11.2 Å². The fraction of sp³-hybridized carbons (Fsp3) is 0.588. The van der Waals surface area contributed by atoms with Gasteiger partial charge in [-0.15, -0.1) is 0 Å². The lowest BCUT2D eigenvalue weighted by atomic mass is 9.48. The molecule has 20 heavy (non-hydrogen) atoms. The quantitative estimate of drug-likeness (QED) is 0.812. The van der Waals surface area contributed by atoms with Crippen molar-refractivity contribution in [3.63, 3.8) is 0 Å². The molecule has 0 unspecified atom stereocenters. The number of aldehydes is 1. The second kappa shape index (κ2) is 4.33. The average Bonchev–Trinajstić information content (AvgIpc) is 2.39. The molecule has 0 radical (unpaired) electrons. The minimum Gasteiger partial charge on any atom is -0.507 e. The van der Waals surface area contributed by atoms with E-state index in [2.05, 4.69) is 22.0 Å². The van der Waals surface area contributed by atoms with Gasteiger partial charge in [0.1, 0.15) is 5.75 Å². The van der Waals surface area contributed by atoms with Crippen LogP contribution in [0.2, 0.25) is 0 Å². The van der Waals surface area contributed by atoms with Crippen molar-refractivity contribution >= 4 is 22.2 Å². The Morgan fingerprint density at radius 3 is 2.15 bits per heavy atom. The average molecular weight is 335 g/mol. The van der Waals surface area contributed by atoms with Crippen molar-refractivity contribution in [1.29, 1.82) is 0 Å². The number of aromatic hydroxyl groups is 1. The highest BCUT2D eigenvalue weighted by molar-refractivity contribution is 9.10. The van der Waals surface area contributed by atoms with E-state index in [1.165, 1.54) is 38.5 Å². The van der Waals surface area contributed by atoms with Gasteiger partial charge in [0.15, 0.2) is 6.29 Å². The van der Waals surface area contributed by atoms with E-state index >= 15 is 0 Å². The fourth-order valence-electron chi connectivity index (χ4n) is 5.55. The molecule has 0 saturated heterocycles. The van der Waals surface area contributed by atoms with Gasteiger partial charge in [0.05, 0.1) is 5.56 Å². The normalized spacial score (nSPS) is 38.1. The first-order valence-corrected chi connectivity index (χ1v) is 8.37. The maximum absolute atomic E-state index is 11.2. The summed E-state index contributed by atoms with van der Waals surface area (Å²) in [5, 5.41) is 10.5. The molecule has 5 rings (SSSR count). The smallest absolute Gasteiger partial charge is 0.153 e. The summed E-state index contributed by atoms with van der Waals surface area (Å²) >= 11 is 3.50. The maximum atomic E-state index is 11.2. The Kier molecular flexibility index (Phi) is 2.79. The van der Waals surface area contributed by atoms with Gasteiger partial charge in [-0.3, -0.25) is 4.79 Å². The van der Waals surface area contributed by atoms with Crippen LogP contribution in [0.4, 0.5) is 0 Å². The van der Waals surface area contributed by atoms with E-state index in [9.17, 15) is 9.90 Å². The first kappa shape index (κ1) is 12.9. The Hall–Kier alpha value is -0.830. The van der Waals surface area contributed by atoms with Crippen LogP contribution in [-0.4, -0.2) is 11.4 Å². The predicted molar refractivity (Wildman–Crippen MR) is 81.0 cm³/mol.